The van der Waals surface area contributed by atoms with Crippen LogP contribution in [0, 0.1) is 13.8 Å². The number of carbonyl (C=O) groups excluding carboxylic acids is 2. The summed E-state index contributed by atoms with van der Waals surface area (Å²) in [5.74, 6) is -0.855. The summed E-state index contributed by atoms with van der Waals surface area (Å²) < 4.78 is 29.1. The van der Waals surface area contributed by atoms with E-state index in [2.05, 4.69) is 5.32 Å². The van der Waals surface area contributed by atoms with E-state index in [4.69, 9.17) is 23.2 Å². The highest BCUT2D eigenvalue weighted by atomic mass is 35.5. The zero-order valence-electron chi connectivity index (χ0n) is 24.0. The maximum absolute atomic E-state index is 14.2. The number of benzene rings is 3. The number of nitrogens with zero attached hydrogens (tertiary/aromatic N) is 2. The lowest BCUT2D eigenvalue weighted by molar-refractivity contribution is -0.140. The summed E-state index contributed by atoms with van der Waals surface area (Å²) in [4.78, 5) is 29.1. The van der Waals surface area contributed by atoms with Gasteiger partial charge in [0.2, 0.25) is 11.8 Å². The Hall–Kier alpha value is -3.07. The average Bonchev–Trinajstić information content (AvgIpc) is 2.94. The van der Waals surface area contributed by atoms with E-state index >= 15 is 0 Å². The fourth-order valence-electron chi connectivity index (χ4n) is 4.43. The maximum Gasteiger partial charge on any atom is 0.264 e. The van der Waals surface area contributed by atoms with E-state index in [1.54, 1.807) is 48.5 Å². The molecule has 1 N–H and O–H groups in total. The van der Waals surface area contributed by atoms with Crippen molar-refractivity contribution in [2.45, 2.75) is 71.0 Å². The van der Waals surface area contributed by atoms with Crippen LogP contribution in [0.2, 0.25) is 10.0 Å². The maximum atomic E-state index is 14.2. The van der Waals surface area contributed by atoms with E-state index in [1.165, 1.54) is 17.0 Å². The Labute approximate surface area is 253 Å². The molecule has 0 aliphatic heterocycles. The second-order valence-electron chi connectivity index (χ2n) is 10.0. The highest BCUT2D eigenvalue weighted by Crippen LogP contribution is 2.30. The van der Waals surface area contributed by atoms with E-state index in [-0.39, 0.29) is 23.4 Å². The summed E-state index contributed by atoms with van der Waals surface area (Å²) in [6.07, 6.45) is 1.03. The predicted octanol–water partition coefficient (Wildman–Crippen LogP) is 6.53. The molecule has 0 radical (unpaired) electrons. The second kappa shape index (κ2) is 14.2. The smallest absolute Gasteiger partial charge is 0.264 e. The molecule has 0 aliphatic rings. The summed E-state index contributed by atoms with van der Waals surface area (Å²) >= 11 is 12.6. The van der Waals surface area contributed by atoms with Gasteiger partial charge in [-0.25, -0.2) is 8.42 Å². The third-order valence-electron chi connectivity index (χ3n) is 7.20. The molecule has 0 heterocycles. The van der Waals surface area contributed by atoms with E-state index in [1.807, 2.05) is 40.7 Å². The minimum atomic E-state index is -4.14. The molecule has 3 rings (SSSR count). The first kappa shape index (κ1) is 32.4. The SMILES string of the molecule is CC[C@@H](C)NC(=O)[C@H](CC)N(Cc1ccc(Cl)cc1Cl)C(=O)CN(c1cccc(C)c1C)S(=O)(=O)c1ccccc1. The number of nitrogens with one attached hydrogen (secondary N) is 1. The highest BCUT2D eigenvalue weighted by molar-refractivity contribution is 7.92. The minimum absolute atomic E-state index is 0.00665. The fraction of sp³-hybridized carbons (Fsp3) is 0.355. The van der Waals surface area contributed by atoms with Gasteiger partial charge in [0.1, 0.15) is 12.6 Å². The van der Waals surface area contributed by atoms with Crippen molar-refractivity contribution in [1.29, 1.82) is 0 Å². The number of aryl methyl sites for hydroxylation is 1. The van der Waals surface area contributed by atoms with Crippen molar-refractivity contribution in [3.8, 4) is 0 Å². The van der Waals surface area contributed by atoms with Crippen LogP contribution in [-0.4, -0.2) is 43.8 Å². The Morgan fingerprint density at radius 1 is 0.927 bits per heavy atom. The number of sulfonamides is 1. The number of amides is 2. The highest BCUT2D eigenvalue weighted by Gasteiger charge is 2.34. The van der Waals surface area contributed by atoms with Crippen LogP contribution in [0.5, 0.6) is 0 Å². The van der Waals surface area contributed by atoms with Gasteiger partial charge in [0.15, 0.2) is 0 Å². The Morgan fingerprint density at radius 3 is 2.22 bits per heavy atom. The first-order chi connectivity index (χ1) is 19.4. The van der Waals surface area contributed by atoms with Crippen molar-refractivity contribution in [2.75, 3.05) is 10.8 Å². The third-order valence-corrected chi connectivity index (χ3v) is 9.56. The van der Waals surface area contributed by atoms with Gasteiger partial charge in [-0.3, -0.25) is 13.9 Å². The van der Waals surface area contributed by atoms with Gasteiger partial charge in [-0.2, -0.15) is 0 Å². The van der Waals surface area contributed by atoms with Crippen molar-refractivity contribution < 1.29 is 18.0 Å². The monoisotopic (exact) mass is 617 g/mol. The predicted molar refractivity (Wildman–Crippen MR) is 166 cm³/mol. The molecule has 0 saturated carbocycles. The van der Waals surface area contributed by atoms with E-state index < -0.39 is 28.5 Å². The zero-order chi connectivity index (χ0) is 30.3. The van der Waals surface area contributed by atoms with Crippen LogP contribution in [0.25, 0.3) is 0 Å². The molecule has 7 nitrogen and oxygen atoms in total. The molecule has 41 heavy (non-hydrogen) atoms. The van der Waals surface area contributed by atoms with E-state index in [0.717, 1.165) is 21.9 Å². The van der Waals surface area contributed by atoms with Gasteiger partial charge >= 0.3 is 0 Å². The molecule has 0 aromatic heterocycles. The molecular formula is C31H37Cl2N3O4S. The topological polar surface area (TPSA) is 86.8 Å². The molecule has 0 unspecified atom stereocenters. The minimum Gasteiger partial charge on any atom is -0.352 e. The fourth-order valence-corrected chi connectivity index (χ4v) is 6.39. The molecule has 3 aromatic rings. The largest absolute Gasteiger partial charge is 0.352 e. The summed E-state index contributed by atoms with van der Waals surface area (Å²) in [6.45, 7) is 8.85. The molecule has 0 saturated heterocycles. The van der Waals surface area contributed by atoms with Gasteiger partial charge in [-0.1, -0.05) is 73.4 Å². The molecule has 10 heteroatoms. The van der Waals surface area contributed by atoms with Crippen LogP contribution >= 0.6 is 23.2 Å². The Bertz CT molecular complexity index is 1480. The van der Waals surface area contributed by atoms with Crippen LogP contribution in [0.1, 0.15) is 50.3 Å². The number of anilines is 1. The Kier molecular flexibility index (Phi) is 11.2. The van der Waals surface area contributed by atoms with Crippen molar-refractivity contribution >= 4 is 50.7 Å². The number of halogens is 2. The van der Waals surface area contributed by atoms with Crippen molar-refractivity contribution in [2.24, 2.45) is 0 Å². The molecule has 0 bridgehead atoms. The normalized spacial score (nSPS) is 12.9. The number of rotatable bonds is 12. The van der Waals surface area contributed by atoms with Crippen LogP contribution in [-0.2, 0) is 26.2 Å². The quantitative estimate of drug-likeness (QED) is 0.250. The lowest BCUT2D eigenvalue weighted by Crippen LogP contribution is -2.53. The van der Waals surface area contributed by atoms with Crippen molar-refractivity contribution in [1.82, 2.24) is 10.2 Å². The van der Waals surface area contributed by atoms with Crippen LogP contribution in [0.4, 0.5) is 5.69 Å². The number of hydrogen-bond donors (Lipinski definition) is 1. The first-order valence-corrected chi connectivity index (χ1v) is 15.8. The lowest BCUT2D eigenvalue weighted by Gasteiger charge is -2.34. The van der Waals surface area contributed by atoms with Crippen molar-refractivity contribution in [3.63, 3.8) is 0 Å². The molecule has 2 amide bonds. The second-order valence-corrected chi connectivity index (χ2v) is 12.7. The molecule has 0 fully saturated rings. The van der Waals surface area contributed by atoms with Gasteiger partial charge in [-0.05, 0) is 80.6 Å². The van der Waals surface area contributed by atoms with Gasteiger partial charge in [0.05, 0.1) is 10.6 Å². The average molecular weight is 619 g/mol. The third kappa shape index (κ3) is 7.82. The molecule has 3 aromatic carbocycles. The van der Waals surface area contributed by atoms with Crippen LogP contribution in [0.15, 0.2) is 71.6 Å². The van der Waals surface area contributed by atoms with Crippen molar-refractivity contribution in [3.05, 3.63) is 93.5 Å². The lowest BCUT2D eigenvalue weighted by atomic mass is 10.1. The van der Waals surface area contributed by atoms with Crippen LogP contribution in [0.3, 0.4) is 0 Å². The van der Waals surface area contributed by atoms with Gasteiger partial charge in [-0.15, -0.1) is 0 Å². The molecule has 0 spiro atoms. The van der Waals surface area contributed by atoms with E-state index in [9.17, 15) is 18.0 Å². The molecular weight excluding hydrogens is 581 g/mol. The van der Waals surface area contributed by atoms with Gasteiger partial charge in [0.25, 0.3) is 10.0 Å². The molecule has 2 atom stereocenters. The van der Waals surface area contributed by atoms with Gasteiger partial charge in [0, 0.05) is 22.6 Å². The molecule has 0 aliphatic carbocycles. The standard InChI is InChI=1S/C31H37Cl2N3O4S/c1-6-22(4)34-31(38)28(7-2)35(19-24-16-17-25(32)18-27(24)33)30(37)20-36(29-15-11-12-21(3)23(29)5)41(39,40)26-13-9-8-10-14-26/h8-18,22,28H,6-7,19-20H2,1-5H3,(H,34,38)/t22-,28+/m1/s1. The van der Waals surface area contributed by atoms with E-state index in [0.29, 0.717) is 27.7 Å². The summed E-state index contributed by atoms with van der Waals surface area (Å²) in [6, 6.07) is 17.3. The summed E-state index contributed by atoms with van der Waals surface area (Å²) in [7, 11) is -4.14. The first-order valence-electron chi connectivity index (χ1n) is 13.6. The number of hydrogen-bond acceptors (Lipinski definition) is 4. The zero-order valence-corrected chi connectivity index (χ0v) is 26.4. The number of carbonyl (C=O) groups is 2. The summed E-state index contributed by atoms with van der Waals surface area (Å²) in [5.41, 5.74) is 2.59. The van der Waals surface area contributed by atoms with Gasteiger partial charge < -0.3 is 10.2 Å². The Morgan fingerprint density at radius 2 is 1.61 bits per heavy atom. The Balaban J connectivity index is 2.11. The van der Waals surface area contributed by atoms with Crippen LogP contribution < -0.4 is 9.62 Å². The summed E-state index contributed by atoms with van der Waals surface area (Å²) in [5, 5.41) is 3.75. The molecule has 220 valence electrons.